The van der Waals surface area contributed by atoms with E-state index in [9.17, 15) is 4.79 Å². The van der Waals surface area contributed by atoms with Crippen LogP contribution in [0.2, 0.25) is 5.02 Å². The molecule has 2 heterocycles. The van der Waals surface area contributed by atoms with Crippen molar-refractivity contribution in [2.24, 2.45) is 0 Å². The number of carbonyl (C=O) groups is 1. The third kappa shape index (κ3) is 4.34. The van der Waals surface area contributed by atoms with Crippen LogP contribution in [-0.4, -0.2) is 24.2 Å². The van der Waals surface area contributed by atoms with E-state index < -0.39 is 0 Å². The molecule has 0 bridgehead atoms. The van der Waals surface area contributed by atoms with E-state index >= 15 is 0 Å². The summed E-state index contributed by atoms with van der Waals surface area (Å²) in [5.74, 6) is 0.887. The van der Waals surface area contributed by atoms with Gasteiger partial charge in [-0.3, -0.25) is 4.79 Å². The Bertz CT molecular complexity index is 939. The Kier molecular flexibility index (Phi) is 5.45. The second-order valence-electron chi connectivity index (χ2n) is 6.19. The van der Waals surface area contributed by atoms with Gasteiger partial charge in [-0.15, -0.1) is 11.3 Å². The van der Waals surface area contributed by atoms with E-state index in [1.165, 1.54) is 0 Å². The van der Waals surface area contributed by atoms with Crippen molar-refractivity contribution in [1.82, 2.24) is 4.98 Å². The number of aromatic nitrogens is 1. The molecule has 3 aromatic rings. The topological polar surface area (TPSA) is 57.7 Å². The van der Waals surface area contributed by atoms with Gasteiger partial charge in [0.1, 0.15) is 6.61 Å². The number of hydrogen-bond acceptors (Lipinski definition) is 6. The van der Waals surface area contributed by atoms with Gasteiger partial charge in [-0.25, -0.2) is 4.98 Å². The summed E-state index contributed by atoms with van der Waals surface area (Å²) in [5.41, 5.74) is 1.74. The molecule has 0 aliphatic carbocycles. The van der Waals surface area contributed by atoms with Gasteiger partial charge < -0.3 is 14.2 Å². The van der Waals surface area contributed by atoms with Gasteiger partial charge in [-0.05, 0) is 29.8 Å². The lowest BCUT2D eigenvalue weighted by Crippen LogP contribution is -2.06. The number of para-hydroxylation sites is 1. The minimum Gasteiger partial charge on any atom is -0.489 e. The molecule has 0 radical (unpaired) electrons. The summed E-state index contributed by atoms with van der Waals surface area (Å²) in [6, 6.07) is 11.5. The highest BCUT2D eigenvalue weighted by Crippen LogP contribution is 2.38. The Hall–Kier alpha value is -2.31. The number of fused-ring (bicyclic) bond motifs is 2. The van der Waals surface area contributed by atoms with Crippen LogP contribution < -0.4 is 9.47 Å². The molecule has 0 spiro atoms. The predicted molar refractivity (Wildman–Crippen MR) is 105 cm³/mol. The molecule has 0 fully saturated rings. The zero-order valence-corrected chi connectivity index (χ0v) is 16.1. The number of esters is 1. The van der Waals surface area contributed by atoms with Crippen molar-refractivity contribution in [3.05, 3.63) is 52.0 Å². The number of ether oxygens (including phenoxy) is 3. The van der Waals surface area contributed by atoms with E-state index in [-0.39, 0.29) is 19.0 Å². The van der Waals surface area contributed by atoms with Gasteiger partial charge in [-0.1, -0.05) is 23.7 Å². The van der Waals surface area contributed by atoms with Crippen molar-refractivity contribution in [3.63, 3.8) is 0 Å². The Morgan fingerprint density at radius 1 is 1.22 bits per heavy atom. The molecule has 4 rings (SSSR count). The molecule has 0 N–H and O–H groups in total. The maximum Gasteiger partial charge on any atom is 0.306 e. The number of benzene rings is 2. The Labute approximate surface area is 165 Å². The van der Waals surface area contributed by atoms with Crippen LogP contribution >= 0.6 is 22.9 Å². The second kappa shape index (κ2) is 8.15. The average Bonchev–Trinajstić information content (AvgIpc) is 2.93. The average molecular weight is 404 g/mol. The van der Waals surface area contributed by atoms with Crippen LogP contribution in [0.1, 0.15) is 23.4 Å². The van der Waals surface area contributed by atoms with Crippen LogP contribution in [-0.2, 0) is 22.6 Å². The summed E-state index contributed by atoms with van der Waals surface area (Å²) < 4.78 is 17.8. The molecular weight excluding hydrogens is 386 g/mol. The van der Waals surface area contributed by atoms with Gasteiger partial charge in [0.15, 0.2) is 11.5 Å². The van der Waals surface area contributed by atoms with Crippen molar-refractivity contribution < 1.29 is 19.0 Å². The SMILES string of the molecule is O=C(CCc1nc2ccccc2s1)OCc1cc(Cl)c2c(c1)OCCCO2. The molecule has 1 aliphatic heterocycles. The summed E-state index contributed by atoms with van der Waals surface area (Å²) in [7, 11) is 0. The molecule has 0 atom stereocenters. The molecule has 1 aliphatic rings. The van der Waals surface area contributed by atoms with Gasteiger partial charge in [0, 0.05) is 12.8 Å². The smallest absolute Gasteiger partial charge is 0.306 e. The minimum absolute atomic E-state index is 0.148. The summed E-state index contributed by atoms with van der Waals surface area (Å²) in [6.45, 7) is 1.30. The number of hydrogen-bond donors (Lipinski definition) is 0. The molecule has 7 heteroatoms. The first-order valence-corrected chi connectivity index (χ1v) is 9.96. The summed E-state index contributed by atoms with van der Waals surface area (Å²) in [4.78, 5) is 16.6. The van der Waals surface area contributed by atoms with Gasteiger partial charge in [0.05, 0.1) is 39.9 Å². The highest BCUT2D eigenvalue weighted by atomic mass is 35.5. The standard InChI is InChI=1S/C20H18ClNO4S/c21-14-10-13(11-16-20(14)25-9-3-8-24-16)12-26-19(23)7-6-18-22-15-4-1-2-5-17(15)27-18/h1-2,4-5,10-11H,3,6-9,12H2. The number of rotatable bonds is 5. The van der Waals surface area contributed by atoms with Gasteiger partial charge in [-0.2, -0.15) is 0 Å². The number of aryl methyl sites for hydroxylation is 1. The van der Waals surface area contributed by atoms with Gasteiger partial charge in [0.25, 0.3) is 0 Å². The number of carbonyl (C=O) groups excluding carboxylic acids is 1. The minimum atomic E-state index is -0.266. The molecule has 5 nitrogen and oxygen atoms in total. The first kappa shape index (κ1) is 18.1. The third-order valence-electron chi connectivity index (χ3n) is 4.14. The van der Waals surface area contributed by atoms with Crippen LogP contribution in [0.3, 0.4) is 0 Å². The highest BCUT2D eigenvalue weighted by Gasteiger charge is 2.16. The van der Waals surface area contributed by atoms with Crippen molar-refractivity contribution in [2.75, 3.05) is 13.2 Å². The molecule has 1 aromatic heterocycles. The Balaban J connectivity index is 1.33. The van der Waals surface area contributed by atoms with Crippen LogP contribution in [0.15, 0.2) is 36.4 Å². The van der Waals surface area contributed by atoms with Crippen LogP contribution in [0.25, 0.3) is 10.2 Å². The fourth-order valence-corrected chi connectivity index (χ4v) is 4.09. The van der Waals surface area contributed by atoms with Crippen LogP contribution in [0, 0.1) is 0 Å². The van der Waals surface area contributed by atoms with E-state index in [2.05, 4.69) is 4.98 Å². The van der Waals surface area contributed by atoms with Gasteiger partial charge >= 0.3 is 5.97 Å². The Morgan fingerprint density at radius 3 is 2.96 bits per heavy atom. The van der Waals surface area contributed by atoms with Crippen molar-refractivity contribution in [3.8, 4) is 11.5 Å². The molecule has 0 amide bonds. The van der Waals surface area contributed by atoms with E-state index in [1.807, 2.05) is 30.3 Å². The van der Waals surface area contributed by atoms with Crippen LogP contribution in [0.5, 0.6) is 11.5 Å². The van der Waals surface area contributed by atoms with E-state index in [1.54, 1.807) is 17.4 Å². The summed E-state index contributed by atoms with van der Waals surface area (Å²) in [5, 5.41) is 1.40. The maximum absolute atomic E-state index is 12.1. The largest absolute Gasteiger partial charge is 0.489 e. The molecular formula is C20H18ClNO4S. The lowest BCUT2D eigenvalue weighted by Gasteiger charge is -2.12. The first-order valence-electron chi connectivity index (χ1n) is 8.77. The molecule has 0 unspecified atom stereocenters. The van der Waals surface area contributed by atoms with Crippen molar-refractivity contribution >= 4 is 39.1 Å². The van der Waals surface area contributed by atoms with E-state index in [0.717, 1.165) is 27.2 Å². The maximum atomic E-state index is 12.1. The quantitative estimate of drug-likeness (QED) is 0.573. The second-order valence-corrected chi connectivity index (χ2v) is 7.71. The molecule has 2 aromatic carbocycles. The van der Waals surface area contributed by atoms with Gasteiger partial charge in [0.2, 0.25) is 0 Å². The fourth-order valence-electron chi connectivity index (χ4n) is 2.84. The monoisotopic (exact) mass is 403 g/mol. The highest BCUT2D eigenvalue weighted by molar-refractivity contribution is 7.18. The number of halogens is 1. The van der Waals surface area contributed by atoms with E-state index in [4.69, 9.17) is 25.8 Å². The van der Waals surface area contributed by atoms with Crippen molar-refractivity contribution in [1.29, 1.82) is 0 Å². The first-order chi connectivity index (χ1) is 13.2. The lowest BCUT2D eigenvalue weighted by molar-refractivity contribution is -0.144. The molecule has 140 valence electrons. The van der Waals surface area contributed by atoms with Crippen molar-refractivity contribution in [2.45, 2.75) is 25.9 Å². The fraction of sp³-hybridized carbons (Fsp3) is 0.300. The summed E-state index contributed by atoms with van der Waals surface area (Å²) in [6.07, 6.45) is 1.67. The number of thiazole rings is 1. The normalized spacial score (nSPS) is 13.4. The predicted octanol–water partition coefficient (Wildman–Crippen LogP) is 4.79. The van der Waals surface area contributed by atoms with E-state index in [0.29, 0.717) is 36.2 Å². The molecule has 27 heavy (non-hydrogen) atoms. The molecule has 0 saturated carbocycles. The Morgan fingerprint density at radius 2 is 2.07 bits per heavy atom. The molecule has 0 saturated heterocycles. The zero-order valence-electron chi connectivity index (χ0n) is 14.6. The lowest BCUT2D eigenvalue weighted by atomic mass is 10.2. The summed E-state index contributed by atoms with van der Waals surface area (Å²) >= 11 is 7.87. The third-order valence-corrected chi connectivity index (χ3v) is 5.52. The zero-order chi connectivity index (χ0) is 18.6. The number of nitrogens with zero attached hydrogens (tertiary/aromatic N) is 1. The van der Waals surface area contributed by atoms with Crippen LogP contribution in [0.4, 0.5) is 0 Å².